The standard InChI is InChI=1S/C15H26N2O3/c1-11(2)12-4-7-17(9-12)14(20)16-10-15(5-3-6-15)8-13(18)19/h11-12H,3-10H2,1-2H3,(H,16,20)(H,18,19). The minimum Gasteiger partial charge on any atom is -0.481 e. The number of carbonyl (C=O) groups is 2. The lowest BCUT2D eigenvalue weighted by Crippen LogP contribution is -2.47. The van der Waals surface area contributed by atoms with Crippen molar-refractivity contribution in [1.29, 1.82) is 0 Å². The van der Waals surface area contributed by atoms with Crippen LogP contribution in [-0.4, -0.2) is 41.6 Å². The van der Waals surface area contributed by atoms with E-state index in [1.54, 1.807) is 0 Å². The van der Waals surface area contributed by atoms with Gasteiger partial charge < -0.3 is 15.3 Å². The van der Waals surface area contributed by atoms with Crippen molar-refractivity contribution in [1.82, 2.24) is 10.2 Å². The van der Waals surface area contributed by atoms with Crippen LogP contribution < -0.4 is 5.32 Å². The summed E-state index contributed by atoms with van der Waals surface area (Å²) in [5.74, 6) is 0.440. The molecule has 0 aromatic carbocycles. The average molecular weight is 282 g/mol. The molecule has 2 amide bonds. The number of hydrogen-bond acceptors (Lipinski definition) is 2. The Morgan fingerprint density at radius 2 is 2.10 bits per heavy atom. The first-order valence-corrected chi connectivity index (χ1v) is 7.66. The second kappa shape index (κ2) is 6.02. The monoisotopic (exact) mass is 282 g/mol. The molecule has 0 aromatic heterocycles. The Morgan fingerprint density at radius 3 is 2.55 bits per heavy atom. The van der Waals surface area contributed by atoms with Crippen LogP contribution in [-0.2, 0) is 4.79 Å². The van der Waals surface area contributed by atoms with Gasteiger partial charge in [0.25, 0.3) is 0 Å². The number of carboxylic acid groups (broad SMARTS) is 1. The number of aliphatic carboxylic acids is 1. The highest BCUT2D eigenvalue weighted by Crippen LogP contribution is 2.43. The van der Waals surface area contributed by atoms with Crippen molar-refractivity contribution < 1.29 is 14.7 Å². The third-order valence-electron chi connectivity index (χ3n) is 5.01. The van der Waals surface area contributed by atoms with Gasteiger partial charge >= 0.3 is 12.0 Å². The van der Waals surface area contributed by atoms with Gasteiger partial charge in [0.15, 0.2) is 0 Å². The number of hydrogen-bond donors (Lipinski definition) is 2. The average Bonchev–Trinajstić information content (AvgIpc) is 2.81. The first-order chi connectivity index (χ1) is 9.42. The van der Waals surface area contributed by atoms with Gasteiger partial charge in [0.2, 0.25) is 0 Å². The summed E-state index contributed by atoms with van der Waals surface area (Å²) in [6, 6.07) is -0.0233. The molecule has 114 valence electrons. The summed E-state index contributed by atoms with van der Waals surface area (Å²) in [5, 5.41) is 11.9. The first kappa shape index (κ1) is 15.1. The van der Waals surface area contributed by atoms with Crippen molar-refractivity contribution >= 4 is 12.0 Å². The van der Waals surface area contributed by atoms with Crippen molar-refractivity contribution in [2.75, 3.05) is 19.6 Å². The van der Waals surface area contributed by atoms with Crippen LogP contribution in [0.5, 0.6) is 0 Å². The van der Waals surface area contributed by atoms with Crippen LogP contribution in [0.4, 0.5) is 4.79 Å². The summed E-state index contributed by atoms with van der Waals surface area (Å²) in [6.07, 6.45) is 4.14. The molecule has 1 aliphatic carbocycles. The number of likely N-dealkylation sites (tertiary alicyclic amines) is 1. The molecule has 2 aliphatic rings. The molecular formula is C15H26N2O3. The van der Waals surface area contributed by atoms with Gasteiger partial charge in [-0.05, 0) is 36.5 Å². The quantitative estimate of drug-likeness (QED) is 0.813. The Morgan fingerprint density at radius 1 is 1.40 bits per heavy atom. The van der Waals surface area contributed by atoms with E-state index < -0.39 is 5.97 Å². The molecule has 0 radical (unpaired) electrons. The summed E-state index contributed by atoms with van der Waals surface area (Å²) in [6.45, 7) is 6.54. The second-order valence-corrected chi connectivity index (χ2v) is 6.82. The molecule has 1 saturated carbocycles. The summed E-state index contributed by atoms with van der Waals surface area (Å²) in [5.41, 5.74) is -0.196. The molecule has 0 bridgehead atoms. The molecule has 20 heavy (non-hydrogen) atoms. The first-order valence-electron chi connectivity index (χ1n) is 7.66. The van der Waals surface area contributed by atoms with Crippen LogP contribution in [0.25, 0.3) is 0 Å². The van der Waals surface area contributed by atoms with Crippen LogP contribution in [0.3, 0.4) is 0 Å². The Hall–Kier alpha value is -1.26. The van der Waals surface area contributed by atoms with Crippen molar-refractivity contribution in [3.8, 4) is 0 Å². The Bertz CT molecular complexity index is 377. The fraction of sp³-hybridized carbons (Fsp3) is 0.867. The van der Waals surface area contributed by atoms with Crippen molar-refractivity contribution in [3.63, 3.8) is 0 Å². The van der Waals surface area contributed by atoms with Gasteiger partial charge in [0, 0.05) is 19.6 Å². The van der Waals surface area contributed by atoms with Gasteiger partial charge in [0.05, 0.1) is 6.42 Å². The van der Waals surface area contributed by atoms with Gasteiger partial charge in [-0.1, -0.05) is 20.3 Å². The number of carbonyl (C=O) groups excluding carboxylic acids is 1. The number of nitrogens with zero attached hydrogens (tertiary/aromatic N) is 1. The maximum Gasteiger partial charge on any atom is 0.317 e. The van der Waals surface area contributed by atoms with Gasteiger partial charge in [-0.25, -0.2) is 4.79 Å². The highest BCUT2D eigenvalue weighted by atomic mass is 16.4. The van der Waals surface area contributed by atoms with E-state index in [1.807, 2.05) is 4.90 Å². The molecule has 1 unspecified atom stereocenters. The predicted molar refractivity (Wildman–Crippen MR) is 76.5 cm³/mol. The molecular weight excluding hydrogens is 256 g/mol. The normalized spacial score (nSPS) is 24.6. The molecule has 1 heterocycles. The van der Waals surface area contributed by atoms with E-state index in [2.05, 4.69) is 19.2 Å². The summed E-state index contributed by atoms with van der Waals surface area (Å²) in [7, 11) is 0. The molecule has 0 aromatic rings. The maximum absolute atomic E-state index is 12.2. The molecule has 1 atom stereocenters. The maximum atomic E-state index is 12.2. The summed E-state index contributed by atoms with van der Waals surface area (Å²) in [4.78, 5) is 24.9. The van der Waals surface area contributed by atoms with Crippen molar-refractivity contribution in [2.45, 2.75) is 46.0 Å². The zero-order valence-corrected chi connectivity index (χ0v) is 12.5. The van der Waals surface area contributed by atoms with Crippen LogP contribution in [0.15, 0.2) is 0 Å². The van der Waals surface area contributed by atoms with Crippen LogP contribution >= 0.6 is 0 Å². The third-order valence-corrected chi connectivity index (χ3v) is 5.01. The van der Waals surface area contributed by atoms with E-state index in [9.17, 15) is 9.59 Å². The number of nitrogens with one attached hydrogen (secondary N) is 1. The van der Waals surface area contributed by atoms with E-state index in [-0.39, 0.29) is 17.9 Å². The molecule has 5 nitrogen and oxygen atoms in total. The van der Waals surface area contributed by atoms with E-state index >= 15 is 0 Å². The van der Waals surface area contributed by atoms with E-state index in [4.69, 9.17) is 5.11 Å². The fourth-order valence-electron chi connectivity index (χ4n) is 3.30. The minimum atomic E-state index is -0.764. The topological polar surface area (TPSA) is 69.6 Å². The predicted octanol–water partition coefficient (Wildman–Crippen LogP) is 2.32. The largest absolute Gasteiger partial charge is 0.481 e. The van der Waals surface area contributed by atoms with Gasteiger partial charge in [-0.2, -0.15) is 0 Å². The smallest absolute Gasteiger partial charge is 0.317 e. The molecule has 2 rings (SSSR count). The van der Waals surface area contributed by atoms with Gasteiger partial charge in [0.1, 0.15) is 0 Å². The Balaban J connectivity index is 1.79. The number of carboxylic acids is 1. The number of urea groups is 1. The fourth-order valence-corrected chi connectivity index (χ4v) is 3.30. The molecule has 2 fully saturated rings. The Labute approximate surface area is 120 Å². The van der Waals surface area contributed by atoms with Gasteiger partial charge in [-0.15, -0.1) is 0 Å². The number of amides is 2. The van der Waals surface area contributed by atoms with Crippen LogP contribution in [0.2, 0.25) is 0 Å². The molecule has 0 spiro atoms. The summed E-state index contributed by atoms with van der Waals surface area (Å²) >= 11 is 0. The van der Waals surface area contributed by atoms with Crippen molar-refractivity contribution in [2.24, 2.45) is 17.3 Å². The lowest BCUT2D eigenvalue weighted by atomic mass is 9.66. The Kier molecular flexibility index (Phi) is 4.55. The van der Waals surface area contributed by atoms with Crippen LogP contribution in [0.1, 0.15) is 46.0 Å². The minimum absolute atomic E-state index is 0.0233. The number of rotatable bonds is 5. The SMILES string of the molecule is CC(C)C1CCN(C(=O)NCC2(CC(=O)O)CCC2)C1. The van der Waals surface area contributed by atoms with Crippen LogP contribution in [0, 0.1) is 17.3 Å². The molecule has 5 heteroatoms. The third kappa shape index (κ3) is 3.44. The van der Waals surface area contributed by atoms with Gasteiger partial charge in [-0.3, -0.25) is 4.79 Å². The lowest BCUT2D eigenvalue weighted by molar-refractivity contribution is -0.141. The highest BCUT2D eigenvalue weighted by molar-refractivity contribution is 5.74. The van der Waals surface area contributed by atoms with E-state index in [0.29, 0.717) is 18.4 Å². The second-order valence-electron chi connectivity index (χ2n) is 6.82. The van der Waals surface area contributed by atoms with E-state index in [0.717, 1.165) is 38.8 Å². The zero-order chi connectivity index (χ0) is 14.8. The summed E-state index contributed by atoms with van der Waals surface area (Å²) < 4.78 is 0. The van der Waals surface area contributed by atoms with E-state index in [1.165, 1.54) is 0 Å². The zero-order valence-electron chi connectivity index (χ0n) is 12.5. The lowest BCUT2D eigenvalue weighted by Gasteiger charge is -2.41. The highest BCUT2D eigenvalue weighted by Gasteiger charge is 2.39. The molecule has 2 N–H and O–H groups in total. The molecule has 1 saturated heterocycles. The molecule has 1 aliphatic heterocycles. The van der Waals surface area contributed by atoms with Crippen molar-refractivity contribution in [3.05, 3.63) is 0 Å².